The first-order chi connectivity index (χ1) is 21.2. The van der Waals surface area contributed by atoms with Crippen molar-refractivity contribution in [3.63, 3.8) is 0 Å². The molecule has 1 amide bonds. The molecule has 0 aliphatic heterocycles. The molecule has 0 fully saturated rings. The number of fused-ring (bicyclic) bond motifs is 1. The Morgan fingerprint density at radius 3 is 2.43 bits per heavy atom. The van der Waals surface area contributed by atoms with Gasteiger partial charge in [0.15, 0.2) is 0 Å². The first kappa shape index (κ1) is 33.4. The molecule has 1 N–H and O–H groups in total. The molecule has 1 aromatic heterocycles. The van der Waals surface area contributed by atoms with Crippen molar-refractivity contribution in [2.45, 2.75) is 50.5 Å². The predicted octanol–water partition coefficient (Wildman–Crippen LogP) is 9.27. The van der Waals surface area contributed by atoms with Gasteiger partial charge in [0, 0.05) is 35.2 Å². The fourth-order valence-electron chi connectivity index (χ4n) is 4.66. The molecule has 44 heavy (non-hydrogen) atoms. The number of amides is 1. The van der Waals surface area contributed by atoms with Crippen molar-refractivity contribution >= 4 is 68.1 Å². The lowest BCUT2D eigenvalue weighted by molar-refractivity contribution is -0.137. The SMILES string of the molecule is CCN(CC)C(=O)C(C)SSC(CCC(=O)O)Cc1cccc(Oc2cccc(/C=C/c3ccc4ccc(Cl)cc4n3)c2)c1. The summed E-state index contributed by atoms with van der Waals surface area (Å²) in [6.45, 7) is 7.22. The molecule has 0 saturated heterocycles. The average Bonchev–Trinajstić information content (AvgIpc) is 3.01. The summed E-state index contributed by atoms with van der Waals surface area (Å²) >= 11 is 6.13. The molecule has 3 aromatic carbocycles. The van der Waals surface area contributed by atoms with Gasteiger partial charge in [0.25, 0.3) is 0 Å². The van der Waals surface area contributed by atoms with Gasteiger partial charge in [0.1, 0.15) is 11.5 Å². The zero-order chi connectivity index (χ0) is 31.5. The summed E-state index contributed by atoms with van der Waals surface area (Å²) in [6.07, 6.45) is 5.22. The van der Waals surface area contributed by atoms with Crippen LogP contribution in [0.25, 0.3) is 23.1 Å². The maximum absolute atomic E-state index is 12.7. The summed E-state index contributed by atoms with van der Waals surface area (Å²) in [5, 5.41) is 10.8. The van der Waals surface area contributed by atoms with Crippen LogP contribution in [-0.2, 0) is 16.0 Å². The number of halogens is 1. The van der Waals surface area contributed by atoms with Crippen LogP contribution in [0.4, 0.5) is 0 Å². The van der Waals surface area contributed by atoms with Gasteiger partial charge >= 0.3 is 5.97 Å². The first-order valence-electron chi connectivity index (χ1n) is 14.7. The van der Waals surface area contributed by atoms with Gasteiger partial charge in [-0.1, -0.05) is 75.7 Å². The van der Waals surface area contributed by atoms with Crippen LogP contribution in [0, 0.1) is 0 Å². The second-order valence-corrected chi connectivity index (χ2v) is 13.7. The molecule has 4 rings (SSSR count). The molecule has 0 aliphatic carbocycles. The highest BCUT2D eigenvalue weighted by Gasteiger charge is 2.22. The number of carbonyl (C=O) groups excluding carboxylic acids is 1. The maximum Gasteiger partial charge on any atom is 0.303 e. The van der Waals surface area contributed by atoms with Crippen LogP contribution in [-0.4, -0.2) is 50.5 Å². The highest BCUT2D eigenvalue weighted by molar-refractivity contribution is 8.77. The molecule has 230 valence electrons. The summed E-state index contributed by atoms with van der Waals surface area (Å²) in [5.41, 5.74) is 3.70. The number of carboxylic acids is 1. The number of rotatable bonds is 15. The standard InChI is InChI=1S/C35H37ClN2O4S2/c1-4-38(5-2)35(41)24(3)43-44-32(18-19-34(39)40)22-26-9-7-11-31(21-26)42-30-10-6-8-25(20-30)12-16-29-17-14-27-13-15-28(36)23-33(27)37-29/h6-17,20-21,23-24,32H,4-5,18-19,22H2,1-3H3,(H,39,40)/b16-12+. The zero-order valence-corrected chi connectivity index (χ0v) is 27.5. The van der Waals surface area contributed by atoms with E-state index in [0.717, 1.165) is 27.7 Å². The van der Waals surface area contributed by atoms with Gasteiger partial charge in [0.2, 0.25) is 5.91 Å². The number of aromatic nitrogens is 1. The summed E-state index contributed by atoms with van der Waals surface area (Å²) in [4.78, 5) is 30.6. The van der Waals surface area contributed by atoms with E-state index in [1.807, 2.05) is 117 Å². The zero-order valence-electron chi connectivity index (χ0n) is 25.1. The summed E-state index contributed by atoms with van der Waals surface area (Å²) in [5.74, 6) is 0.699. The van der Waals surface area contributed by atoms with E-state index < -0.39 is 5.97 Å². The van der Waals surface area contributed by atoms with E-state index in [0.29, 0.717) is 42.5 Å². The Labute approximate surface area is 272 Å². The number of aliphatic carboxylic acids is 1. The quantitative estimate of drug-likeness (QED) is 0.129. The molecule has 1 heterocycles. The van der Waals surface area contributed by atoms with Crippen molar-refractivity contribution in [2.24, 2.45) is 0 Å². The third-order valence-corrected chi connectivity index (χ3v) is 10.5. The third-order valence-electron chi connectivity index (χ3n) is 7.02. The molecule has 2 unspecified atom stereocenters. The molecule has 0 aliphatic rings. The molecular formula is C35H37ClN2O4S2. The molecular weight excluding hydrogens is 612 g/mol. The predicted molar refractivity (Wildman–Crippen MR) is 186 cm³/mol. The highest BCUT2D eigenvalue weighted by atomic mass is 35.5. The Morgan fingerprint density at radius 2 is 1.68 bits per heavy atom. The molecule has 2 atom stereocenters. The highest BCUT2D eigenvalue weighted by Crippen LogP contribution is 2.36. The smallest absolute Gasteiger partial charge is 0.303 e. The average molecular weight is 649 g/mol. The molecule has 0 radical (unpaired) electrons. The Morgan fingerprint density at radius 1 is 0.955 bits per heavy atom. The van der Waals surface area contributed by atoms with E-state index in [2.05, 4.69) is 4.98 Å². The Hall–Kier alpha value is -3.46. The number of benzene rings is 3. The van der Waals surface area contributed by atoms with Gasteiger partial charge in [0.05, 0.1) is 16.5 Å². The largest absolute Gasteiger partial charge is 0.481 e. The number of carboxylic acid groups (broad SMARTS) is 1. The molecule has 9 heteroatoms. The lowest BCUT2D eigenvalue weighted by Gasteiger charge is -2.23. The second-order valence-electron chi connectivity index (χ2n) is 10.3. The van der Waals surface area contributed by atoms with Crippen molar-refractivity contribution in [2.75, 3.05) is 13.1 Å². The van der Waals surface area contributed by atoms with E-state index in [9.17, 15) is 14.7 Å². The van der Waals surface area contributed by atoms with Gasteiger partial charge in [-0.25, -0.2) is 4.98 Å². The Kier molecular flexibility index (Phi) is 12.6. The number of ether oxygens (including phenoxy) is 1. The maximum atomic E-state index is 12.7. The number of nitrogens with zero attached hydrogens (tertiary/aromatic N) is 2. The summed E-state index contributed by atoms with van der Waals surface area (Å²) in [7, 11) is 3.11. The molecule has 0 spiro atoms. The lowest BCUT2D eigenvalue weighted by Crippen LogP contribution is -2.36. The number of hydrogen-bond donors (Lipinski definition) is 1. The van der Waals surface area contributed by atoms with E-state index >= 15 is 0 Å². The van der Waals surface area contributed by atoms with Crippen LogP contribution in [0.3, 0.4) is 0 Å². The Balaban J connectivity index is 1.41. The molecule has 0 saturated carbocycles. The van der Waals surface area contributed by atoms with Crippen molar-refractivity contribution in [1.82, 2.24) is 9.88 Å². The fraction of sp³-hybridized carbons (Fsp3) is 0.286. The molecule has 0 bridgehead atoms. The normalized spacial score (nSPS) is 12.7. The fourth-order valence-corrected chi connectivity index (χ4v) is 7.57. The van der Waals surface area contributed by atoms with E-state index in [1.54, 1.807) is 10.8 Å². The first-order valence-corrected chi connectivity index (χ1v) is 17.3. The van der Waals surface area contributed by atoms with Crippen LogP contribution < -0.4 is 4.74 Å². The summed E-state index contributed by atoms with van der Waals surface area (Å²) in [6, 6.07) is 25.4. The van der Waals surface area contributed by atoms with E-state index in [1.165, 1.54) is 10.8 Å². The van der Waals surface area contributed by atoms with Gasteiger partial charge in [-0.05, 0) is 93.3 Å². The van der Waals surface area contributed by atoms with E-state index in [4.69, 9.17) is 16.3 Å². The lowest BCUT2D eigenvalue weighted by atomic mass is 10.1. The topological polar surface area (TPSA) is 79.7 Å². The van der Waals surface area contributed by atoms with Crippen LogP contribution in [0.1, 0.15) is 50.4 Å². The summed E-state index contributed by atoms with van der Waals surface area (Å²) < 4.78 is 6.22. The third kappa shape index (κ3) is 10.0. The van der Waals surface area contributed by atoms with Gasteiger partial charge in [-0.15, -0.1) is 0 Å². The number of hydrogen-bond acceptors (Lipinski definition) is 6. The number of carbonyl (C=O) groups is 2. The van der Waals surface area contributed by atoms with Crippen LogP contribution in [0.15, 0.2) is 78.9 Å². The van der Waals surface area contributed by atoms with Crippen molar-refractivity contribution in [3.8, 4) is 11.5 Å². The van der Waals surface area contributed by atoms with Gasteiger partial charge < -0.3 is 14.7 Å². The van der Waals surface area contributed by atoms with Crippen LogP contribution in [0.5, 0.6) is 11.5 Å². The minimum Gasteiger partial charge on any atom is -0.481 e. The minimum atomic E-state index is -0.820. The molecule has 4 aromatic rings. The Bertz CT molecular complexity index is 1610. The monoisotopic (exact) mass is 648 g/mol. The van der Waals surface area contributed by atoms with Crippen molar-refractivity contribution in [1.29, 1.82) is 0 Å². The van der Waals surface area contributed by atoms with E-state index in [-0.39, 0.29) is 22.8 Å². The van der Waals surface area contributed by atoms with Crippen LogP contribution in [0.2, 0.25) is 5.02 Å². The second kappa shape index (κ2) is 16.6. The minimum absolute atomic E-state index is 0.0338. The number of pyridine rings is 1. The van der Waals surface area contributed by atoms with Crippen molar-refractivity contribution < 1.29 is 19.4 Å². The van der Waals surface area contributed by atoms with Crippen molar-refractivity contribution in [3.05, 3.63) is 101 Å². The van der Waals surface area contributed by atoms with Gasteiger partial charge in [-0.2, -0.15) is 0 Å². The van der Waals surface area contributed by atoms with Crippen LogP contribution >= 0.6 is 33.2 Å². The van der Waals surface area contributed by atoms with Gasteiger partial charge in [-0.3, -0.25) is 9.59 Å². The molecule has 6 nitrogen and oxygen atoms in total.